The normalized spacial score (nSPS) is 18.3. The zero-order valence-corrected chi connectivity index (χ0v) is 15.4. The van der Waals surface area contributed by atoms with E-state index in [1.54, 1.807) is 42.5 Å². The minimum atomic E-state index is -0.563. The predicted octanol–water partition coefficient (Wildman–Crippen LogP) is 2.53. The number of anilines is 2. The van der Waals surface area contributed by atoms with E-state index < -0.39 is 16.9 Å². The van der Waals surface area contributed by atoms with Crippen molar-refractivity contribution in [2.45, 2.75) is 0 Å². The lowest BCUT2D eigenvalue weighted by Gasteiger charge is -2.28. The minimum Gasteiger partial charge on any atom is -0.378 e. The van der Waals surface area contributed by atoms with Crippen LogP contribution in [0.1, 0.15) is 5.56 Å². The van der Waals surface area contributed by atoms with Crippen LogP contribution in [0, 0.1) is 10.1 Å². The molecule has 9 heteroatoms. The lowest BCUT2D eigenvalue weighted by Crippen LogP contribution is -2.36. The molecule has 2 aromatic carbocycles. The fraction of sp³-hybridized carbons (Fsp3) is 0.200. The van der Waals surface area contributed by atoms with Crippen LogP contribution in [0.2, 0.25) is 0 Å². The molecule has 2 aromatic rings. The van der Waals surface area contributed by atoms with E-state index in [1.807, 2.05) is 4.90 Å². The van der Waals surface area contributed by atoms with Crippen LogP contribution in [0.3, 0.4) is 0 Å². The topological polar surface area (TPSA) is 105 Å². The molecule has 0 radical (unpaired) electrons. The molecule has 0 spiro atoms. The molecule has 0 aromatic heterocycles. The number of nitrogens with zero attached hydrogens (tertiary/aromatic N) is 3. The maximum atomic E-state index is 12.7. The maximum absolute atomic E-state index is 12.7. The van der Waals surface area contributed by atoms with Crippen molar-refractivity contribution in [2.24, 2.45) is 0 Å². The molecule has 2 fully saturated rings. The number of amides is 3. The lowest BCUT2D eigenvalue weighted by molar-refractivity contribution is -0.384. The van der Waals surface area contributed by atoms with Crippen molar-refractivity contribution in [1.82, 2.24) is 5.32 Å². The second-order valence-corrected chi connectivity index (χ2v) is 6.57. The summed E-state index contributed by atoms with van der Waals surface area (Å²) < 4.78 is 5.30. The number of para-hydroxylation sites is 1. The summed E-state index contributed by atoms with van der Waals surface area (Å²) in [5.41, 5.74) is 1.41. The number of urea groups is 1. The molecule has 0 saturated carbocycles. The van der Waals surface area contributed by atoms with Gasteiger partial charge in [0, 0.05) is 19.2 Å². The molecule has 2 heterocycles. The Morgan fingerprint density at radius 2 is 1.79 bits per heavy atom. The van der Waals surface area contributed by atoms with E-state index in [4.69, 9.17) is 4.74 Å². The monoisotopic (exact) mass is 394 g/mol. The van der Waals surface area contributed by atoms with Crippen molar-refractivity contribution < 1.29 is 19.2 Å². The highest BCUT2D eigenvalue weighted by atomic mass is 16.6. The number of ether oxygens (including phenoxy) is 1. The fourth-order valence-electron chi connectivity index (χ4n) is 3.36. The third-order valence-corrected chi connectivity index (χ3v) is 4.75. The molecule has 148 valence electrons. The number of nitro groups is 1. The largest absolute Gasteiger partial charge is 0.378 e. The number of benzene rings is 2. The summed E-state index contributed by atoms with van der Waals surface area (Å²) >= 11 is 0. The standard InChI is InChI=1S/C20H18N4O5/c25-19-16(21-20(26)23(19)15-4-2-1-3-5-15)12-14-6-7-17(18(13-14)24(27)28)22-8-10-29-11-9-22/h1-7,12-13H,8-11H2,(H,21,26). The number of carbonyl (C=O) groups is 2. The Kier molecular flexibility index (Phi) is 4.96. The van der Waals surface area contributed by atoms with Crippen LogP contribution < -0.4 is 15.1 Å². The summed E-state index contributed by atoms with van der Waals surface area (Å²) in [6, 6.07) is 12.7. The van der Waals surface area contributed by atoms with Crippen LogP contribution in [0.5, 0.6) is 0 Å². The van der Waals surface area contributed by atoms with Gasteiger partial charge in [-0.05, 0) is 29.8 Å². The Hall–Kier alpha value is -3.72. The molecule has 0 aliphatic carbocycles. The van der Waals surface area contributed by atoms with Gasteiger partial charge >= 0.3 is 6.03 Å². The van der Waals surface area contributed by atoms with Crippen LogP contribution in [0.4, 0.5) is 21.9 Å². The highest BCUT2D eigenvalue weighted by molar-refractivity contribution is 6.28. The molecule has 2 aliphatic heterocycles. The average molecular weight is 394 g/mol. The first-order valence-corrected chi connectivity index (χ1v) is 9.08. The van der Waals surface area contributed by atoms with Gasteiger partial charge in [0.2, 0.25) is 0 Å². The fourth-order valence-corrected chi connectivity index (χ4v) is 3.36. The van der Waals surface area contributed by atoms with Crippen LogP contribution in [0.15, 0.2) is 54.2 Å². The van der Waals surface area contributed by atoms with Gasteiger partial charge in [0.25, 0.3) is 11.6 Å². The quantitative estimate of drug-likeness (QED) is 0.370. The van der Waals surface area contributed by atoms with Gasteiger partial charge in [0.15, 0.2) is 0 Å². The van der Waals surface area contributed by atoms with Crippen LogP contribution in [-0.2, 0) is 9.53 Å². The van der Waals surface area contributed by atoms with Crippen molar-refractivity contribution in [3.05, 3.63) is 69.9 Å². The molecule has 0 unspecified atom stereocenters. The first kappa shape index (κ1) is 18.6. The van der Waals surface area contributed by atoms with Gasteiger partial charge in [-0.15, -0.1) is 0 Å². The highest BCUT2D eigenvalue weighted by Crippen LogP contribution is 2.31. The SMILES string of the molecule is O=C1NC(=Cc2ccc(N3CCOCC3)c([N+](=O)[O-])c2)C(=O)N1c1ccccc1. The van der Waals surface area contributed by atoms with E-state index in [0.717, 1.165) is 4.90 Å². The lowest BCUT2D eigenvalue weighted by atomic mass is 10.1. The number of imide groups is 1. The van der Waals surface area contributed by atoms with Gasteiger partial charge in [-0.25, -0.2) is 9.69 Å². The van der Waals surface area contributed by atoms with Crippen molar-refractivity contribution >= 4 is 35.1 Å². The summed E-state index contributed by atoms with van der Waals surface area (Å²) in [6.07, 6.45) is 1.44. The molecule has 2 aliphatic rings. The van der Waals surface area contributed by atoms with Crippen LogP contribution in [0.25, 0.3) is 6.08 Å². The second-order valence-electron chi connectivity index (χ2n) is 6.57. The Morgan fingerprint density at radius 1 is 1.07 bits per heavy atom. The van der Waals surface area contributed by atoms with Crippen molar-refractivity contribution in [3.8, 4) is 0 Å². The number of carbonyl (C=O) groups excluding carboxylic acids is 2. The smallest absolute Gasteiger partial charge is 0.333 e. The zero-order chi connectivity index (χ0) is 20.4. The van der Waals surface area contributed by atoms with Gasteiger partial charge in [-0.1, -0.05) is 24.3 Å². The summed E-state index contributed by atoms with van der Waals surface area (Å²) in [5.74, 6) is -0.513. The Labute approximate surface area is 166 Å². The number of hydrogen-bond acceptors (Lipinski definition) is 6. The number of morpholine rings is 1. The molecule has 4 rings (SSSR count). The second kappa shape index (κ2) is 7.72. The first-order chi connectivity index (χ1) is 14.0. The molecule has 29 heavy (non-hydrogen) atoms. The van der Waals surface area contributed by atoms with Gasteiger partial charge in [-0.3, -0.25) is 14.9 Å². The van der Waals surface area contributed by atoms with Gasteiger partial charge in [0.1, 0.15) is 11.4 Å². The molecular formula is C20H18N4O5. The van der Waals surface area contributed by atoms with E-state index in [2.05, 4.69) is 5.32 Å². The molecule has 1 N–H and O–H groups in total. The number of nitro benzene ring substituents is 1. The van der Waals surface area contributed by atoms with E-state index in [9.17, 15) is 19.7 Å². The molecule has 0 bridgehead atoms. The summed E-state index contributed by atoms with van der Waals surface area (Å²) in [7, 11) is 0. The average Bonchev–Trinajstić information content (AvgIpc) is 3.02. The zero-order valence-electron chi connectivity index (χ0n) is 15.4. The number of nitrogens with one attached hydrogen (secondary N) is 1. The van der Waals surface area contributed by atoms with Gasteiger partial charge < -0.3 is 15.0 Å². The molecular weight excluding hydrogens is 376 g/mol. The van der Waals surface area contributed by atoms with E-state index >= 15 is 0 Å². The Morgan fingerprint density at radius 3 is 2.48 bits per heavy atom. The van der Waals surface area contributed by atoms with E-state index in [-0.39, 0.29) is 11.4 Å². The maximum Gasteiger partial charge on any atom is 0.333 e. The molecule has 3 amide bonds. The minimum absolute atomic E-state index is 0.0575. The third-order valence-electron chi connectivity index (χ3n) is 4.75. The highest BCUT2D eigenvalue weighted by Gasteiger charge is 2.34. The number of rotatable bonds is 4. The van der Waals surface area contributed by atoms with E-state index in [0.29, 0.717) is 43.2 Å². The van der Waals surface area contributed by atoms with Crippen molar-refractivity contribution in [3.63, 3.8) is 0 Å². The molecule has 2 saturated heterocycles. The van der Waals surface area contributed by atoms with E-state index in [1.165, 1.54) is 12.1 Å². The van der Waals surface area contributed by atoms with Gasteiger partial charge in [0.05, 0.1) is 23.8 Å². The van der Waals surface area contributed by atoms with Crippen LogP contribution >= 0.6 is 0 Å². The van der Waals surface area contributed by atoms with Crippen molar-refractivity contribution in [2.75, 3.05) is 36.1 Å². The Balaban J connectivity index is 1.64. The third kappa shape index (κ3) is 3.67. The predicted molar refractivity (Wildman–Crippen MR) is 107 cm³/mol. The summed E-state index contributed by atoms with van der Waals surface area (Å²) in [4.78, 5) is 39.0. The first-order valence-electron chi connectivity index (χ1n) is 9.08. The van der Waals surface area contributed by atoms with Crippen LogP contribution in [-0.4, -0.2) is 43.2 Å². The Bertz CT molecular complexity index is 999. The van der Waals surface area contributed by atoms with Gasteiger partial charge in [-0.2, -0.15) is 0 Å². The number of hydrogen-bond donors (Lipinski definition) is 1. The summed E-state index contributed by atoms with van der Waals surface area (Å²) in [5, 5.41) is 14.1. The van der Waals surface area contributed by atoms with Crippen molar-refractivity contribution in [1.29, 1.82) is 0 Å². The summed E-state index contributed by atoms with van der Waals surface area (Å²) in [6.45, 7) is 2.17. The molecule has 0 atom stereocenters. The molecule has 9 nitrogen and oxygen atoms in total.